The summed E-state index contributed by atoms with van der Waals surface area (Å²) in [5, 5.41) is -0.0502. The lowest BCUT2D eigenvalue weighted by Crippen LogP contribution is -2.15. The SMILES string of the molecule is Cc1[nH]c2cc(F)cc(F)c2c(=O)c1CCC(C)C. The third-order valence-electron chi connectivity index (χ3n) is 3.30. The molecule has 2 nitrogen and oxygen atoms in total. The molecule has 4 heteroatoms. The van der Waals surface area contributed by atoms with Crippen LogP contribution in [0.1, 0.15) is 31.5 Å². The van der Waals surface area contributed by atoms with E-state index in [1.165, 1.54) is 0 Å². The van der Waals surface area contributed by atoms with E-state index in [1.807, 2.05) is 0 Å². The molecule has 0 atom stereocenters. The van der Waals surface area contributed by atoms with Crippen molar-refractivity contribution in [1.82, 2.24) is 4.98 Å². The molecule has 0 aliphatic carbocycles. The summed E-state index contributed by atoms with van der Waals surface area (Å²) in [5.41, 5.74) is 1.16. The van der Waals surface area contributed by atoms with Gasteiger partial charge in [-0.05, 0) is 31.7 Å². The van der Waals surface area contributed by atoms with Gasteiger partial charge in [-0.1, -0.05) is 13.8 Å². The Morgan fingerprint density at radius 2 is 1.95 bits per heavy atom. The Hall–Kier alpha value is -1.71. The number of aromatic amines is 1. The Kier molecular flexibility index (Phi) is 3.69. The average Bonchev–Trinajstić information content (AvgIpc) is 2.26. The number of aryl methyl sites for hydroxylation is 1. The molecule has 0 saturated heterocycles. The van der Waals surface area contributed by atoms with E-state index in [9.17, 15) is 13.6 Å². The predicted molar refractivity (Wildman–Crippen MR) is 72.4 cm³/mol. The minimum absolute atomic E-state index is 0.0502. The van der Waals surface area contributed by atoms with Crippen molar-refractivity contribution in [3.8, 4) is 0 Å². The Morgan fingerprint density at radius 1 is 1.26 bits per heavy atom. The number of aromatic nitrogens is 1. The van der Waals surface area contributed by atoms with Gasteiger partial charge in [0.15, 0.2) is 5.43 Å². The van der Waals surface area contributed by atoms with Gasteiger partial charge in [-0.15, -0.1) is 0 Å². The summed E-state index contributed by atoms with van der Waals surface area (Å²) < 4.78 is 26.9. The highest BCUT2D eigenvalue weighted by molar-refractivity contribution is 5.80. The van der Waals surface area contributed by atoms with Crippen LogP contribution in [-0.2, 0) is 6.42 Å². The van der Waals surface area contributed by atoms with Gasteiger partial charge in [0.05, 0.1) is 10.9 Å². The molecule has 1 heterocycles. The van der Waals surface area contributed by atoms with Gasteiger partial charge in [-0.25, -0.2) is 8.78 Å². The number of hydrogen-bond donors (Lipinski definition) is 1. The molecular weight excluding hydrogens is 248 g/mol. The van der Waals surface area contributed by atoms with Gasteiger partial charge < -0.3 is 4.98 Å². The van der Waals surface area contributed by atoms with Crippen LogP contribution < -0.4 is 5.43 Å². The van der Waals surface area contributed by atoms with Gasteiger partial charge in [0.25, 0.3) is 0 Å². The third-order valence-corrected chi connectivity index (χ3v) is 3.30. The second-order valence-corrected chi connectivity index (χ2v) is 5.30. The maximum absolute atomic E-state index is 13.8. The topological polar surface area (TPSA) is 32.9 Å². The van der Waals surface area contributed by atoms with Crippen LogP contribution in [0.2, 0.25) is 0 Å². The van der Waals surface area contributed by atoms with Gasteiger partial charge >= 0.3 is 0 Å². The lowest BCUT2D eigenvalue weighted by molar-refractivity contribution is 0.582. The van der Waals surface area contributed by atoms with E-state index in [0.29, 0.717) is 23.6 Å². The summed E-state index contributed by atoms with van der Waals surface area (Å²) in [7, 11) is 0. The predicted octanol–water partition coefficient (Wildman–Crippen LogP) is 3.70. The van der Waals surface area contributed by atoms with Crippen LogP contribution in [0.3, 0.4) is 0 Å². The number of halogens is 2. The van der Waals surface area contributed by atoms with Gasteiger partial charge in [-0.2, -0.15) is 0 Å². The van der Waals surface area contributed by atoms with Crippen molar-refractivity contribution in [2.45, 2.75) is 33.6 Å². The minimum Gasteiger partial charge on any atom is -0.358 e. The van der Waals surface area contributed by atoms with Crippen LogP contribution in [0.15, 0.2) is 16.9 Å². The Labute approximate surface area is 110 Å². The largest absolute Gasteiger partial charge is 0.358 e. The third kappa shape index (κ3) is 2.67. The summed E-state index contributed by atoms with van der Waals surface area (Å²) in [4.78, 5) is 15.2. The number of hydrogen-bond acceptors (Lipinski definition) is 1. The molecule has 0 unspecified atom stereocenters. The number of rotatable bonds is 3. The molecule has 0 aliphatic rings. The number of benzene rings is 1. The molecule has 0 bridgehead atoms. The second-order valence-electron chi connectivity index (χ2n) is 5.30. The van der Waals surface area contributed by atoms with Crippen molar-refractivity contribution in [2.24, 2.45) is 5.92 Å². The van der Waals surface area contributed by atoms with Crippen molar-refractivity contribution in [2.75, 3.05) is 0 Å². The molecular formula is C15H17F2NO. The van der Waals surface area contributed by atoms with Crippen molar-refractivity contribution < 1.29 is 8.78 Å². The van der Waals surface area contributed by atoms with E-state index in [4.69, 9.17) is 0 Å². The van der Waals surface area contributed by atoms with Crippen LogP contribution in [0.25, 0.3) is 10.9 Å². The average molecular weight is 265 g/mol. The molecule has 1 aromatic heterocycles. The zero-order valence-electron chi connectivity index (χ0n) is 11.3. The van der Waals surface area contributed by atoms with Gasteiger partial charge in [0.1, 0.15) is 11.6 Å². The number of H-pyrrole nitrogens is 1. The number of nitrogens with one attached hydrogen (secondary N) is 1. The second kappa shape index (κ2) is 5.11. The number of pyridine rings is 1. The van der Waals surface area contributed by atoms with E-state index in [-0.39, 0.29) is 16.3 Å². The standard InChI is InChI=1S/C15H17F2NO/c1-8(2)4-5-11-9(3)18-13-7-10(16)6-12(17)14(13)15(11)19/h6-8H,4-5H2,1-3H3,(H,18,19). The molecule has 102 valence electrons. The normalized spacial score (nSPS) is 11.5. The molecule has 0 saturated carbocycles. The molecule has 0 spiro atoms. The fourth-order valence-electron chi connectivity index (χ4n) is 2.24. The zero-order valence-corrected chi connectivity index (χ0v) is 11.3. The van der Waals surface area contributed by atoms with E-state index in [1.54, 1.807) is 6.92 Å². The minimum atomic E-state index is -0.804. The van der Waals surface area contributed by atoms with Crippen LogP contribution in [-0.4, -0.2) is 4.98 Å². The molecule has 0 fully saturated rings. The highest BCUT2D eigenvalue weighted by Crippen LogP contribution is 2.18. The van der Waals surface area contributed by atoms with E-state index >= 15 is 0 Å². The van der Waals surface area contributed by atoms with Crippen molar-refractivity contribution in [1.29, 1.82) is 0 Å². The molecule has 19 heavy (non-hydrogen) atoms. The first-order valence-electron chi connectivity index (χ1n) is 6.40. The molecule has 1 N–H and O–H groups in total. The molecule has 0 amide bonds. The van der Waals surface area contributed by atoms with Crippen molar-refractivity contribution in [3.05, 3.63) is 45.2 Å². The molecule has 0 radical (unpaired) electrons. The lowest BCUT2D eigenvalue weighted by Gasteiger charge is -2.10. The van der Waals surface area contributed by atoms with E-state index in [2.05, 4.69) is 18.8 Å². The summed E-state index contributed by atoms with van der Waals surface area (Å²) in [5.74, 6) is -1.02. The molecule has 0 aliphatic heterocycles. The fraction of sp³-hybridized carbons (Fsp3) is 0.400. The summed E-state index contributed by atoms with van der Waals surface area (Å²) in [6.45, 7) is 5.90. The Bertz CT molecular complexity index is 674. The smallest absolute Gasteiger partial charge is 0.195 e. The van der Waals surface area contributed by atoms with Crippen LogP contribution in [0.4, 0.5) is 8.78 Å². The highest BCUT2D eigenvalue weighted by atomic mass is 19.1. The molecule has 2 rings (SSSR count). The number of fused-ring (bicyclic) bond motifs is 1. The van der Waals surface area contributed by atoms with E-state index in [0.717, 1.165) is 18.6 Å². The fourth-order valence-corrected chi connectivity index (χ4v) is 2.24. The monoisotopic (exact) mass is 265 g/mol. The van der Waals surface area contributed by atoms with Crippen LogP contribution in [0, 0.1) is 24.5 Å². The molecule has 2 aromatic rings. The first-order chi connectivity index (χ1) is 8.90. The van der Waals surface area contributed by atoms with Crippen molar-refractivity contribution >= 4 is 10.9 Å². The van der Waals surface area contributed by atoms with Crippen LogP contribution >= 0.6 is 0 Å². The first-order valence-corrected chi connectivity index (χ1v) is 6.40. The van der Waals surface area contributed by atoms with Gasteiger partial charge in [-0.3, -0.25) is 4.79 Å². The quantitative estimate of drug-likeness (QED) is 0.901. The molecule has 1 aromatic carbocycles. The zero-order chi connectivity index (χ0) is 14.2. The Morgan fingerprint density at radius 3 is 2.58 bits per heavy atom. The van der Waals surface area contributed by atoms with E-state index < -0.39 is 11.6 Å². The first kappa shape index (κ1) is 13.7. The highest BCUT2D eigenvalue weighted by Gasteiger charge is 2.14. The van der Waals surface area contributed by atoms with Crippen molar-refractivity contribution in [3.63, 3.8) is 0 Å². The van der Waals surface area contributed by atoms with Gasteiger partial charge in [0, 0.05) is 17.3 Å². The lowest BCUT2D eigenvalue weighted by atomic mass is 9.99. The summed E-state index contributed by atoms with van der Waals surface area (Å²) >= 11 is 0. The summed E-state index contributed by atoms with van der Waals surface area (Å²) in [6, 6.07) is 1.90. The maximum Gasteiger partial charge on any atom is 0.195 e. The van der Waals surface area contributed by atoms with Crippen LogP contribution in [0.5, 0.6) is 0 Å². The maximum atomic E-state index is 13.8. The summed E-state index contributed by atoms with van der Waals surface area (Å²) in [6.07, 6.45) is 1.46. The Balaban J connectivity index is 2.64. The van der Waals surface area contributed by atoms with Gasteiger partial charge in [0.2, 0.25) is 0 Å².